The summed E-state index contributed by atoms with van der Waals surface area (Å²) >= 11 is 0. The van der Waals surface area contributed by atoms with Crippen molar-refractivity contribution in [2.75, 3.05) is 7.11 Å². The molecule has 1 rings (SSSR count). The lowest BCUT2D eigenvalue weighted by Gasteiger charge is -2.21. The third-order valence-electron chi connectivity index (χ3n) is 2.99. The number of ether oxygens (including phenoxy) is 1. The molecule has 0 unspecified atom stereocenters. The predicted octanol–water partition coefficient (Wildman–Crippen LogP) is 0.904. The highest BCUT2D eigenvalue weighted by atomic mass is 16.5. The largest absolute Gasteiger partial charge is 0.467 e. The molecule has 0 aliphatic rings. The fourth-order valence-corrected chi connectivity index (χ4v) is 1.80. The number of nitrogens with one attached hydrogen (secondary N) is 1. The first-order valence-electron chi connectivity index (χ1n) is 6.56. The van der Waals surface area contributed by atoms with Crippen molar-refractivity contribution >= 4 is 11.9 Å². The van der Waals surface area contributed by atoms with Gasteiger partial charge in [0, 0.05) is 6.42 Å². The van der Waals surface area contributed by atoms with E-state index in [0.29, 0.717) is 0 Å². The van der Waals surface area contributed by atoms with Crippen molar-refractivity contribution in [2.45, 2.75) is 32.4 Å². The molecule has 0 fully saturated rings. The summed E-state index contributed by atoms with van der Waals surface area (Å²) in [6.45, 7) is 3.59. The molecule has 0 saturated carbocycles. The fourth-order valence-electron chi connectivity index (χ4n) is 1.80. The summed E-state index contributed by atoms with van der Waals surface area (Å²) in [5.41, 5.74) is 0.856. The number of methoxy groups -OCH3 is 1. The molecule has 110 valence electrons. The topological polar surface area (TPSA) is 75.6 Å². The molecule has 1 amide bonds. The summed E-state index contributed by atoms with van der Waals surface area (Å²) < 4.78 is 4.64. The van der Waals surface area contributed by atoms with Gasteiger partial charge >= 0.3 is 5.97 Å². The van der Waals surface area contributed by atoms with Crippen LogP contribution in [0.4, 0.5) is 0 Å². The van der Waals surface area contributed by atoms with Crippen molar-refractivity contribution in [3.8, 4) is 0 Å². The summed E-state index contributed by atoms with van der Waals surface area (Å²) in [7, 11) is 1.27. The van der Waals surface area contributed by atoms with E-state index >= 15 is 0 Å². The first kappa shape index (κ1) is 16.2. The van der Waals surface area contributed by atoms with Gasteiger partial charge in [-0.2, -0.15) is 0 Å². The molecule has 0 radical (unpaired) electrons. The third-order valence-corrected chi connectivity index (χ3v) is 2.99. The van der Waals surface area contributed by atoms with Gasteiger partial charge in [0.25, 0.3) is 0 Å². The molecule has 0 aliphatic heterocycles. The van der Waals surface area contributed by atoms with Gasteiger partial charge in [0.15, 0.2) is 0 Å². The smallest absolute Gasteiger partial charge is 0.328 e. The number of carbonyl (C=O) groups is 2. The van der Waals surface area contributed by atoms with Crippen molar-refractivity contribution in [3.05, 3.63) is 35.9 Å². The van der Waals surface area contributed by atoms with Crippen LogP contribution in [-0.4, -0.2) is 36.2 Å². The molecular weight excluding hydrogens is 258 g/mol. The van der Waals surface area contributed by atoms with Gasteiger partial charge in [0.05, 0.1) is 7.11 Å². The Balaban J connectivity index is 2.62. The molecule has 20 heavy (non-hydrogen) atoms. The van der Waals surface area contributed by atoms with Gasteiger partial charge in [-0.15, -0.1) is 0 Å². The third kappa shape index (κ3) is 4.66. The predicted molar refractivity (Wildman–Crippen MR) is 74.9 cm³/mol. The van der Waals surface area contributed by atoms with E-state index in [1.165, 1.54) is 7.11 Å². The van der Waals surface area contributed by atoms with Crippen LogP contribution in [-0.2, 0) is 20.7 Å². The van der Waals surface area contributed by atoms with E-state index in [-0.39, 0.29) is 12.3 Å². The van der Waals surface area contributed by atoms with Crippen molar-refractivity contribution in [2.24, 2.45) is 5.92 Å². The van der Waals surface area contributed by atoms with Crippen LogP contribution in [0.25, 0.3) is 0 Å². The van der Waals surface area contributed by atoms with Crippen LogP contribution in [0, 0.1) is 5.92 Å². The van der Waals surface area contributed by atoms with Crippen LogP contribution in [0.5, 0.6) is 0 Å². The monoisotopic (exact) mass is 279 g/mol. The highest BCUT2D eigenvalue weighted by molar-refractivity contribution is 5.87. The number of amides is 1. The Labute approximate surface area is 118 Å². The standard InChI is InChI=1S/C15H21NO4/c1-10(2)13(15(19)20-3)16-14(18)12(17)9-11-7-5-4-6-8-11/h4-8,10,12-13,17H,9H2,1-3H3,(H,16,18)/t12-,13-/m0/s1. The minimum atomic E-state index is -1.19. The minimum absolute atomic E-state index is 0.115. The molecule has 1 aromatic carbocycles. The SMILES string of the molecule is COC(=O)[C@@H](NC(=O)[C@@H](O)Cc1ccccc1)C(C)C. The molecule has 0 spiro atoms. The zero-order chi connectivity index (χ0) is 15.1. The van der Waals surface area contributed by atoms with Crippen molar-refractivity contribution in [3.63, 3.8) is 0 Å². The average molecular weight is 279 g/mol. The van der Waals surface area contributed by atoms with Crippen molar-refractivity contribution < 1.29 is 19.4 Å². The highest BCUT2D eigenvalue weighted by Gasteiger charge is 2.27. The summed E-state index contributed by atoms with van der Waals surface area (Å²) in [6.07, 6.45) is -0.984. The van der Waals surface area contributed by atoms with E-state index in [4.69, 9.17) is 0 Å². The molecule has 0 saturated heterocycles. The van der Waals surface area contributed by atoms with Crippen LogP contribution in [0.3, 0.4) is 0 Å². The molecule has 5 nitrogen and oxygen atoms in total. The van der Waals surface area contributed by atoms with Crippen LogP contribution >= 0.6 is 0 Å². The number of esters is 1. The maximum absolute atomic E-state index is 11.9. The lowest BCUT2D eigenvalue weighted by molar-refractivity contribution is -0.147. The molecule has 2 N–H and O–H groups in total. The molecule has 2 atom stereocenters. The first-order chi connectivity index (χ1) is 9.45. The number of carbonyl (C=O) groups excluding carboxylic acids is 2. The molecule has 5 heteroatoms. The Bertz CT molecular complexity index is 444. The maximum atomic E-state index is 11.9. The van der Waals surface area contributed by atoms with Gasteiger partial charge in [-0.05, 0) is 11.5 Å². The maximum Gasteiger partial charge on any atom is 0.328 e. The van der Waals surface area contributed by atoms with E-state index in [1.807, 2.05) is 30.3 Å². The Hall–Kier alpha value is -1.88. The van der Waals surface area contributed by atoms with Crippen LogP contribution < -0.4 is 5.32 Å². The van der Waals surface area contributed by atoms with E-state index in [9.17, 15) is 14.7 Å². The normalized spacial score (nSPS) is 13.7. The van der Waals surface area contributed by atoms with Gasteiger partial charge in [0.2, 0.25) is 5.91 Å². The van der Waals surface area contributed by atoms with Crippen LogP contribution in [0.2, 0.25) is 0 Å². The number of aliphatic hydroxyl groups excluding tert-OH is 1. The molecule has 0 aliphatic carbocycles. The first-order valence-corrected chi connectivity index (χ1v) is 6.56. The van der Waals surface area contributed by atoms with Crippen molar-refractivity contribution in [1.29, 1.82) is 0 Å². The molecule has 0 bridgehead atoms. The average Bonchev–Trinajstić information content (AvgIpc) is 2.44. The number of aliphatic hydroxyl groups is 1. The van der Waals surface area contributed by atoms with Crippen LogP contribution in [0.1, 0.15) is 19.4 Å². The number of benzene rings is 1. The quantitative estimate of drug-likeness (QED) is 0.759. The van der Waals surface area contributed by atoms with E-state index in [2.05, 4.69) is 10.1 Å². The lowest BCUT2D eigenvalue weighted by atomic mass is 10.0. The summed E-state index contributed by atoms with van der Waals surface area (Å²) in [6, 6.07) is 8.45. The van der Waals surface area contributed by atoms with E-state index in [0.717, 1.165) is 5.56 Å². The summed E-state index contributed by atoms with van der Waals surface area (Å²) in [5.74, 6) is -1.20. The Morgan fingerprint density at radius 3 is 2.35 bits per heavy atom. The Kier molecular flexibility index (Phi) is 6.18. The summed E-state index contributed by atoms with van der Waals surface area (Å²) in [4.78, 5) is 23.5. The minimum Gasteiger partial charge on any atom is -0.467 e. The van der Waals surface area contributed by atoms with Gasteiger partial charge in [0.1, 0.15) is 12.1 Å². The van der Waals surface area contributed by atoms with Gasteiger partial charge in [-0.3, -0.25) is 4.79 Å². The zero-order valence-electron chi connectivity index (χ0n) is 12.0. The Morgan fingerprint density at radius 1 is 1.25 bits per heavy atom. The highest BCUT2D eigenvalue weighted by Crippen LogP contribution is 2.07. The fraction of sp³-hybridized carbons (Fsp3) is 0.467. The molecule has 0 heterocycles. The molecular formula is C15H21NO4. The number of hydrogen-bond acceptors (Lipinski definition) is 4. The van der Waals surface area contributed by atoms with Crippen LogP contribution in [0.15, 0.2) is 30.3 Å². The second-order valence-electron chi connectivity index (χ2n) is 4.96. The van der Waals surface area contributed by atoms with E-state index < -0.39 is 24.0 Å². The second kappa shape index (κ2) is 7.65. The van der Waals surface area contributed by atoms with Crippen molar-refractivity contribution in [1.82, 2.24) is 5.32 Å². The van der Waals surface area contributed by atoms with E-state index in [1.54, 1.807) is 13.8 Å². The second-order valence-corrected chi connectivity index (χ2v) is 4.96. The molecule has 0 aromatic heterocycles. The zero-order valence-corrected chi connectivity index (χ0v) is 12.0. The Morgan fingerprint density at radius 2 is 1.85 bits per heavy atom. The van der Waals surface area contributed by atoms with Gasteiger partial charge < -0.3 is 15.2 Å². The molecule has 1 aromatic rings. The van der Waals surface area contributed by atoms with Gasteiger partial charge in [-0.25, -0.2) is 4.79 Å². The lowest BCUT2D eigenvalue weighted by Crippen LogP contribution is -2.49. The number of hydrogen-bond donors (Lipinski definition) is 2. The summed E-state index contributed by atoms with van der Waals surface area (Å²) in [5, 5.41) is 12.4. The van der Waals surface area contributed by atoms with Gasteiger partial charge in [-0.1, -0.05) is 44.2 Å². The number of rotatable bonds is 6.